The molecular formula is C17H24N6O2. The maximum absolute atomic E-state index is 12.3. The van der Waals surface area contributed by atoms with E-state index in [-0.39, 0.29) is 18.4 Å². The van der Waals surface area contributed by atoms with Crippen LogP contribution in [0.1, 0.15) is 28.8 Å². The van der Waals surface area contributed by atoms with E-state index in [1.165, 1.54) is 0 Å². The predicted octanol–water partition coefficient (Wildman–Crippen LogP) is 0.594. The molecule has 1 fully saturated rings. The lowest BCUT2D eigenvalue weighted by Crippen LogP contribution is -2.42. The number of hydrogen-bond acceptors (Lipinski definition) is 4. The first-order valence-electron chi connectivity index (χ1n) is 8.55. The van der Waals surface area contributed by atoms with Gasteiger partial charge in [0.2, 0.25) is 5.91 Å². The number of carbonyl (C=O) groups excluding carboxylic acids is 2. The topological polar surface area (TPSA) is 85.1 Å². The molecule has 0 unspecified atom stereocenters. The van der Waals surface area contributed by atoms with Crippen molar-refractivity contribution in [1.82, 2.24) is 29.8 Å². The van der Waals surface area contributed by atoms with E-state index in [0.29, 0.717) is 18.0 Å². The van der Waals surface area contributed by atoms with Gasteiger partial charge in [0.15, 0.2) is 0 Å². The summed E-state index contributed by atoms with van der Waals surface area (Å²) in [6, 6.07) is 0. The molecule has 3 rings (SSSR count). The minimum Gasteiger partial charge on any atom is -0.352 e. The Morgan fingerprint density at radius 2 is 1.96 bits per heavy atom. The summed E-state index contributed by atoms with van der Waals surface area (Å²) in [7, 11) is 1.79. The number of likely N-dealkylation sites (tertiary alicyclic amines) is 1. The van der Waals surface area contributed by atoms with E-state index in [9.17, 15) is 9.59 Å². The highest BCUT2D eigenvalue weighted by molar-refractivity contribution is 5.93. The highest BCUT2D eigenvalue weighted by Gasteiger charge is 2.23. The second-order valence-electron chi connectivity index (χ2n) is 6.65. The third-order valence-corrected chi connectivity index (χ3v) is 4.55. The number of nitrogens with one attached hydrogen (secondary N) is 1. The van der Waals surface area contributed by atoms with E-state index in [0.717, 1.165) is 31.5 Å². The number of hydrogen-bond donors (Lipinski definition) is 1. The van der Waals surface area contributed by atoms with Gasteiger partial charge in [0, 0.05) is 39.1 Å². The Balaban J connectivity index is 1.41. The summed E-state index contributed by atoms with van der Waals surface area (Å²) in [5.41, 5.74) is 1.63. The van der Waals surface area contributed by atoms with Gasteiger partial charge in [-0.1, -0.05) is 0 Å². The van der Waals surface area contributed by atoms with Crippen molar-refractivity contribution < 1.29 is 9.59 Å². The van der Waals surface area contributed by atoms with Crippen LogP contribution >= 0.6 is 0 Å². The molecule has 8 nitrogen and oxygen atoms in total. The zero-order valence-electron chi connectivity index (χ0n) is 14.7. The molecule has 2 aromatic heterocycles. The van der Waals surface area contributed by atoms with Crippen molar-refractivity contribution in [2.45, 2.75) is 26.3 Å². The largest absolute Gasteiger partial charge is 0.352 e. The fourth-order valence-electron chi connectivity index (χ4n) is 3.06. The molecule has 8 heteroatoms. The van der Waals surface area contributed by atoms with Crippen LogP contribution in [0.2, 0.25) is 0 Å². The van der Waals surface area contributed by atoms with Crippen LogP contribution in [-0.4, -0.2) is 55.9 Å². The Bertz CT molecular complexity index is 742. The molecule has 0 atom stereocenters. The molecule has 2 aromatic rings. The molecule has 1 aliphatic heterocycles. The summed E-state index contributed by atoms with van der Waals surface area (Å²) >= 11 is 0. The lowest BCUT2D eigenvalue weighted by molar-refractivity contribution is -0.133. The Kier molecular flexibility index (Phi) is 5.16. The first kappa shape index (κ1) is 17.2. The molecule has 0 saturated carbocycles. The van der Waals surface area contributed by atoms with E-state index in [4.69, 9.17) is 0 Å². The fourth-order valence-corrected chi connectivity index (χ4v) is 3.06. The lowest BCUT2D eigenvalue weighted by Gasteiger charge is -2.32. The van der Waals surface area contributed by atoms with E-state index < -0.39 is 0 Å². The van der Waals surface area contributed by atoms with Crippen LogP contribution in [0.3, 0.4) is 0 Å². The molecule has 1 aliphatic rings. The molecule has 0 aliphatic carbocycles. The molecule has 0 bridgehead atoms. The Hall–Kier alpha value is -2.64. The van der Waals surface area contributed by atoms with Gasteiger partial charge in [-0.15, -0.1) is 0 Å². The fraction of sp³-hybridized carbons (Fsp3) is 0.529. The van der Waals surface area contributed by atoms with Crippen LogP contribution in [0.25, 0.3) is 0 Å². The van der Waals surface area contributed by atoms with Gasteiger partial charge in [0.1, 0.15) is 6.54 Å². The maximum Gasteiger partial charge on any atom is 0.254 e. The number of rotatable bonds is 5. The molecule has 134 valence electrons. The van der Waals surface area contributed by atoms with Gasteiger partial charge in [-0.2, -0.15) is 10.2 Å². The van der Waals surface area contributed by atoms with Gasteiger partial charge in [0.25, 0.3) is 5.91 Å². The van der Waals surface area contributed by atoms with Crippen LogP contribution < -0.4 is 5.32 Å². The molecular weight excluding hydrogens is 320 g/mol. The summed E-state index contributed by atoms with van der Waals surface area (Å²) in [6.45, 7) is 4.34. The number of aromatic nitrogens is 4. The monoisotopic (exact) mass is 344 g/mol. The number of amides is 2. The third-order valence-electron chi connectivity index (χ3n) is 4.55. The van der Waals surface area contributed by atoms with Gasteiger partial charge in [0.05, 0.1) is 18.0 Å². The Morgan fingerprint density at radius 3 is 2.56 bits per heavy atom. The summed E-state index contributed by atoms with van der Waals surface area (Å²) in [5.74, 6) is 0.401. The molecule has 3 heterocycles. The standard InChI is InChI=1S/C17H24N6O2/c1-13-7-20-23(10-13)12-16(24)22-5-3-14(4-6-22)8-18-17(25)15-9-19-21(2)11-15/h7,9-11,14H,3-6,8,12H2,1-2H3,(H,18,25). The first-order valence-corrected chi connectivity index (χ1v) is 8.55. The molecule has 1 saturated heterocycles. The predicted molar refractivity (Wildman–Crippen MR) is 91.8 cm³/mol. The molecule has 0 radical (unpaired) electrons. The van der Waals surface area contributed by atoms with Crippen LogP contribution in [0.5, 0.6) is 0 Å². The van der Waals surface area contributed by atoms with Crippen LogP contribution in [0, 0.1) is 12.8 Å². The minimum absolute atomic E-state index is 0.0966. The van der Waals surface area contributed by atoms with Crippen molar-refractivity contribution in [3.8, 4) is 0 Å². The van der Waals surface area contributed by atoms with Crippen LogP contribution in [0.4, 0.5) is 0 Å². The molecule has 0 aromatic carbocycles. The van der Waals surface area contributed by atoms with Crippen molar-refractivity contribution in [1.29, 1.82) is 0 Å². The van der Waals surface area contributed by atoms with Crippen LogP contribution in [0.15, 0.2) is 24.8 Å². The molecule has 25 heavy (non-hydrogen) atoms. The first-order chi connectivity index (χ1) is 12.0. The quantitative estimate of drug-likeness (QED) is 0.860. The van der Waals surface area contributed by atoms with Crippen molar-refractivity contribution in [2.75, 3.05) is 19.6 Å². The maximum atomic E-state index is 12.3. The average molecular weight is 344 g/mol. The SMILES string of the molecule is Cc1cnn(CC(=O)N2CCC(CNC(=O)c3cnn(C)c3)CC2)c1. The summed E-state index contributed by atoms with van der Waals surface area (Å²) in [4.78, 5) is 26.2. The van der Waals surface area contributed by atoms with E-state index >= 15 is 0 Å². The van der Waals surface area contributed by atoms with Gasteiger partial charge in [-0.05, 0) is 31.2 Å². The van der Waals surface area contributed by atoms with Gasteiger partial charge < -0.3 is 10.2 Å². The minimum atomic E-state index is -0.0966. The van der Waals surface area contributed by atoms with Gasteiger partial charge in [-0.25, -0.2) is 0 Å². The van der Waals surface area contributed by atoms with Crippen molar-refractivity contribution in [3.63, 3.8) is 0 Å². The lowest BCUT2D eigenvalue weighted by atomic mass is 9.96. The summed E-state index contributed by atoms with van der Waals surface area (Å²) in [6.07, 6.45) is 8.69. The van der Waals surface area contributed by atoms with E-state index in [1.807, 2.05) is 18.0 Å². The van der Waals surface area contributed by atoms with Crippen LogP contribution in [-0.2, 0) is 18.4 Å². The highest BCUT2D eigenvalue weighted by Crippen LogP contribution is 2.17. The summed E-state index contributed by atoms with van der Waals surface area (Å²) in [5, 5.41) is 11.1. The Morgan fingerprint density at radius 1 is 1.20 bits per heavy atom. The highest BCUT2D eigenvalue weighted by atomic mass is 16.2. The zero-order valence-corrected chi connectivity index (χ0v) is 14.7. The number of piperidine rings is 1. The van der Waals surface area contributed by atoms with Gasteiger partial charge >= 0.3 is 0 Å². The number of nitrogens with zero attached hydrogens (tertiary/aromatic N) is 5. The van der Waals surface area contributed by atoms with Gasteiger partial charge in [-0.3, -0.25) is 19.0 Å². The second kappa shape index (κ2) is 7.50. The number of aryl methyl sites for hydroxylation is 2. The summed E-state index contributed by atoms with van der Waals surface area (Å²) < 4.78 is 3.29. The van der Waals surface area contributed by atoms with Crippen molar-refractivity contribution in [3.05, 3.63) is 35.9 Å². The number of carbonyl (C=O) groups is 2. The molecule has 0 spiro atoms. The Labute approximate surface area is 146 Å². The smallest absolute Gasteiger partial charge is 0.254 e. The second-order valence-corrected chi connectivity index (χ2v) is 6.65. The van der Waals surface area contributed by atoms with E-state index in [2.05, 4.69) is 15.5 Å². The van der Waals surface area contributed by atoms with Crippen molar-refractivity contribution in [2.24, 2.45) is 13.0 Å². The molecule has 2 amide bonds. The molecule has 1 N–H and O–H groups in total. The normalized spacial score (nSPS) is 15.4. The van der Waals surface area contributed by atoms with Crippen molar-refractivity contribution >= 4 is 11.8 Å². The third kappa shape index (κ3) is 4.46. The zero-order chi connectivity index (χ0) is 17.8. The average Bonchev–Trinajstić information content (AvgIpc) is 3.21. The van der Waals surface area contributed by atoms with E-state index in [1.54, 1.807) is 35.0 Å².